The maximum atomic E-state index is 13.6. The Bertz CT molecular complexity index is 1320. The summed E-state index contributed by atoms with van der Waals surface area (Å²) in [4.78, 5) is 25.5. The van der Waals surface area contributed by atoms with Crippen molar-refractivity contribution in [3.63, 3.8) is 0 Å². The van der Waals surface area contributed by atoms with E-state index in [-0.39, 0.29) is 17.3 Å². The maximum Gasteiger partial charge on any atom is 0.451 e. The number of alkyl halides is 3. The first kappa shape index (κ1) is 24.9. The minimum atomic E-state index is -4.75. The molecule has 0 radical (unpaired) electrons. The third kappa shape index (κ3) is 5.69. The SMILES string of the molecule is [C-]#[N+]c1ccc(-c2cc(N3CCC[C@H]3C(=O)CCCc3ccc(C#N)cc3)nc(C(F)(F)F)n2)cc1. The van der Waals surface area contributed by atoms with Crippen LogP contribution in [0.3, 0.4) is 0 Å². The molecule has 6 nitrogen and oxygen atoms in total. The molecule has 2 heterocycles. The number of carbonyl (C=O) groups is 1. The van der Waals surface area contributed by atoms with Crippen molar-refractivity contribution in [1.82, 2.24) is 9.97 Å². The van der Waals surface area contributed by atoms with Gasteiger partial charge in [-0.2, -0.15) is 18.4 Å². The van der Waals surface area contributed by atoms with Crippen LogP contribution in [0.5, 0.6) is 0 Å². The van der Waals surface area contributed by atoms with Crippen molar-refractivity contribution in [3.05, 3.63) is 83.0 Å². The average Bonchev–Trinajstić information content (AvgIpc) is 3.39. The van der Waals surface area contributed by atoms with Crippen LogP contribution in [-0.4, -0.2) is 28.3 Å². The van der Waals surface area contributed by atoms with Gasteiger partial charge in [0.05, 0.1) is 29.9 Å². The molecule has 182 valence electrons. The summed E-state index contributed by atoms with van der Waals surface area (Å²) >= 11 is 0. The number of nitrogens with zero attached hydrogens (tertiary/aromatic N) is 5. The van der Waals surface area contributed by atoms with Gasteiger partial charge in [-0.3, -0.25) is 4.79 Å². The fourth-order valence-electron chi connectivity index (χ4n) is 4.32. The van der Waals surface area contributed by atoms with Crippen molar-refractivity contribution in [2.75, 3.05) is 11.4 Å². The number of aromatic nitrogens is 2. The Morgan fingerprint density at radius 2 is 1.86 bits per heavy atom. The number of carbonyl (C=O) groups excluding carboxylic acids is 1. The summed E-state index contributed by atoms with van der Waals surface area (Å²) in [5, 5.41) is 8.90. The molecule has 1 aromatic heterocycles. The standard InChI is InChI=1S/C27H22F3N5O/c1-32-21-13-11-20(12-14-21)22-16-25(34-26(33-22)27(28,29)30)35-15-3-5-23(35)24(36)6-2-4-18-7-9-19(17-31)10-8-18/h7-14,16,23H,2-6,15H2/t23-/m0/s1. The van der Waals surface area contributed by atoms with Crippen LogP contribution >= 0.6 is 0 Å². The monoisotopic (exact) mass is 489 g/mol. The summed E-state index contributed by atoms with van der Waals surface area (Å²) in [7, 11) is 0. The summed E-state index contributed by atoms with van der Waals surface area (Å²) in [5.41, 5.74) is 2.48. The van der Waals surface area contributed by atoms with E-state index in [1.165, 1.54) is 18.2 Å². The van der Waals surface area contributed by atoms with Crippen LogP contribution < -0.4 is 4.90 Å². The number of rotatable bonds is 7. The van der Waals surface area contributed by atoms with E-state index in [0.29, 0.717) is 55.5 Å². The Kier molecular flexibility index (Phi) is 7.30. The van der Waals surface area contributed by atoms with Gasteiger partial charge >= 0.3 is 6.18 Å². The number of hydrogen-bond acceptors (Lipinski definition) is 5. The Morgan fingerprint density at radius 1 is 1.14 bits per heavy atom. The van der Waals surface area contributed by atoms with E-state index in [0.717, 1.165) is 5.56 Å². The van der Waals surface area contributed by atoms with Gasteiger partial charge in [0, 0.05) is 19.0 Å². The van der Waals surface area contributed by atoms with E-state index in [1.54, 1.807) is 29.2 Å². The van der Waals surface area contributed by atoms with E-state index < -0.39 is 18.0 Å². The zero-order valence-corrected chi connectivity index (χ0v) is 19.3. The molecular formula is C27H22F3N5O. The number of nitriles is 1. The van der Waals surface area contributed by atoms with Gasteiger partial charge in [0.2, 0.25) is 5.82 Å². The molecule has 4 rings (SSSR count). The molecule has 0 N–H and O–H groups in total. The molecule has 1 fully saturated rings. The van der Waals surface area contributed by atoms with E-state index >= 15 is 0 Å². The second-order valence-corrected chi connectivity index (χ2v) is 8.57. The van der Waals surface area contributed by atoms with Gasteiger partial charge in [0.1, 0.15) is 5.82 Å². The normalized spacial score (nSPS) is 15.4. The number of aryl methyl sites for hydroxylation is 1. The minimum absolute atomic E-state index is 0.0312. The molecule has 0 aliphatic carbocycles. The van der Waals surface area contributed by atoms with Gasteiger partial charge in [-0.15, -0.1) is 0 Å². The number of anilines is 1. The molecule has 1 saturated heterocycles. The molecule has 9 heteroatoms. The van der Waals surface area contributed by atoms with Gasteiger partial charge in [-0.1, -0.05) is 36.4 Å². The van der Waals surface area contributed by atoms with Crippen molar-refractivity contribution in [2.24, 2.45) is 0 Å². The van der Waals surface area contributed by atoms with Crippen molar-refractivity contribution in [2.45, 2.75) is 44.3 Å². The molecular weight excluding hydrogens is 467 g/mol. The van der Waals surface area contributed by atoms with Gasteiger partial charge in [-0.25, -0.2) is 14.8 Å². The fourth-order valence-corrected chi connectivity index (χ4v) is 4.32. The summed E-state index contributed by atoms with van der Waals surface area (Å²) in [6, 6.07) is 16.3. The molecule has 36 heavy (non-hydrogen) atoms. The number of Topliss-reactive ketones (excluding diaryl/α,β-unsaturated/α-hetero) is 1. The quantitative estimate of drug-likeness (QED) is 0.373. The lowest BCUT2D eigenvalue weighted by Gasteiger charge is -2.26. The topological polar surface area (TPSA) is 74.2 Å². The first-order valence-electron chi connectivity index (χ1n) is 11.5. The summed E-state index contributed by atoms with van der Waals surface area (Å²) in [6.45, 7) is 7.49. The Morgan fingerprint density at radius 3 is 2.50 bits per heavy atom. The van der Waals surface area contributed by atoms with Gasteiger partial charge in [0.15, 0.2) is 11.5 Å². The largest absolute Gasteiger partial charge is 0.451 e. The van der Waals surface area contributed by atoms with E-state index in [1.807, 2.05) is 12.1 Å². The second kappa shape index (κ2) is 10.6. The van der Waals surface area contributed by atoms with E-state index in [9.17, 15) is 18.0 Å². The van der Waals surface area contributed by atoms with Crippen molar-refractivity contribution < 1.29 is 18.0 Å². The van der Waals surface area contributed by atoms with Gasteiger partial charge in [0.25, 0.3) is 0 Å². The third-order valence-corrected chi connectivity index (χ3v) is 6.15. The molecule has 2 aromatic carbocycles. The molecule has 0 saturated carbocycles. The van der Waals surface area contributed by atoms with Crippen molar-refractivity contribution in [3.8, 4) is 17.3 Å². The Balaban J connectivity index is 1.53. The van der Waals surface area contributed by atoms with Crippen LogP contribution in [0.4, 0.5) is 24.7 Å². The first-order chi connectivity index (χ1) is 17.3. The predicted molar refractivity (Wildman–Crippen MR) is 128 cm³/mol. The number of ketones is 1. The summed E-state index contributed by atoms with van der Waals surface area (Å²) in [6.07, 6.45) is -1.96. The maximum absolute atomic E-state index is 13.6. The number of hydrogen-bond donors (Lipinski definition) is 0. The highest BCUT2D eigenvalue weighted by atomic mass is 19.4. The highest BCUT2D eigenvalue weighted by Gasteiger charge is 2.38. The highest BCUT2D eigenvalue weighted by molar-refractivity contribution is 5.87. The van der Waals surface area contributed by atoms with Crippen LogP contribution in [0.1, 0.15) is 42.6 Å². The zero-order valence-electron chi connectivity index (χ0n) is 19.3. The number of benzene rings is 2. The lowest BCUT2D eigenvalue weighted by molar-refractivity contribution is -0.144. The van der Waals surface area contributed by atoms with Crippen LogP contribution in [-0.2, 0) is 17.4 Å². The second-order valence-electron chi connectivity index (χ2n) is 8.57. The van der Waals surface area contributed by atoms with E-state index in [4.69, 9.17) is 11.8 Å². The zero-order chi connectivity index (χ0) is 25.7. The molecule has 0 amide bonds. The average molecular weight is 490 g/mol. The van der Waals surface area contributed by atoms with Gasteiger partial charge < -0.3 is 4.90 Å². The molecule has 1 atom stereocenters. The van der Waals surface area contributed by atoms with Crippen LogP contribution in [0, 0.1) is 17.9 Å². The first-order valence-corrected chi connectivity index (χ1v) is 11.5. The van der Waals surface area contributed by atoms with Gasteiger partial charge in [-0.05, 0) is 48.9 Å². The predicted octanol–water partition coefficient (Wildman–Crippen LogP) is 6.15. The lowest BCUT2D eigenvalue weighted by atomic mass is 10.0. The molecule has 1 aliphatic rings. The number of halogens is 3. The third-order valence-electron chi connectivity index (χ3n) is 6.15. The summed E-state index contributed by atoms with van der Waals surface area (Å²) in [5.74, 6) is -1.22. The Hall–Kier alpha value is -4.24. The van der Waals surface area contributed by atoms with Crippen LogP contribution in [0.2, 0.25) is 0 Å². The van der Waals surface area contributed by atoms with Crippen molar-refractivity contribution in [1.29, 1.82) is 5.26 Å². The molecule has 3 aromatic rings. The molecule has 1 aliphatic heterocycles. The summed E-state index contributed by atoms with van der Waals surface area (Å²) < 4.78 is 40.9. The van der Waals surface area contributed by atoms with E-state index in [2.05, 4.69) is 20.9 Å². The molecule has 0 spiro atoms. The molecule has 0 unspecified atom stereocenters. The van der Waals surface area contributed by atoms with Crippen LogP contribution in [0.15, 0.2) is 54.6 Å². The van der Waals surface area contributed by atoms with Crippen molar-refractivity contribution >= 4 is 17.3 Å². The Labute approximate surface area is 206 Å². The minimum Gasteiger partial charge on any atom is -0.346 e. The smallest absolute Gasteiger partial charge is 0.346 e. The molecule has 0 bridgehead atoms. The lowest BCUT2D eigenvalue weighted by Crippen LogP contribution is -2.37. The highest BCUT2D eigenvalue weighted by Crippen LogP contribution is 2.34. The van der Waals surface area contributed by atoms with Crippen LogP contribution in [0.25, 0.3) is 16.1 Å². The fraction of sp³-hybridized carbons (Fsp3) is 0.296.